The van der Waals surface area contributed by atoms with Gasteiger partial charge < -0.3 is 24.3 Å². The maximum absolute atomic E-state index is 14.4. The molecule has 0 amide bonds. The Morgan fingerprint density at radius 2 is 2.12 bits per heavy atom. The van der Waals surface area contributed by atoms with Crippen molar-refractivity contribution in [2.45, 2.75) is 51.3 Å². The van der Waals surface area contributed by atoms with Gasteiger partial charge in [-0.25, -0.2) is 9.38 Å². The molecule has 8 heteroatoms. The van der Waals surface area contributed by atoms with Gasteiger partial charge >= 0.3 is 5.97 Å². The minimum absolute atomic E-state index is 0.00939. The zero-order chi connectivity index (χ0) is 18.3. The third-order valence-electron chi connectivity index (χ3n) is 3.44. The molecule has 0 aromatic heterocycles. The summed E-state index contributed by atoms with van der Waals surface area (Å²) in [5.74, 6) is -0.679. The highest BCUT2D eigenvalue weighted by Gasteiger charge is 2.49. The van der Waals surface area contributed by atoms with Crippen LogP contribution in [-0.4, -0.2) is 59.2 Å². The van der Waals surface area contributed by atoms with Crippen LogP contribution in [0.1, 0.15) is 26.7 Å². The topological polar surface area (TPSA) is 88.4 Å². The Morgan fingerprint density at radius 3 is 2.62 bits per heavy atom. The van der Waals surface area contributed by atoms with Crippen molar-refractivity contribution in [3.8, 4) is 0 Å². The van der Waals surface area contributed by atoms with Crippen LogP contribution in [0.5, 0.6) is 0 Å². The minimum Gasteiger partial charge on any atom is -0.454 e. The first-order valence-corrected chi connectivity index (χ1v) is 7.53. The van der Waals surface area contributed by atoms with Crippen LogP contribution in [-0.2, 0) is 19.1 Å². The van der Waals surface area contributed by atoms with Gasteiger partial charge in [-0.05, 0) is 13.8 Å². The van der Waals surface area contributed by atoms with E-state index < -0.39 is 37.2 Å². The van der Waals surface area contributed by atoms with E-state index in [1.54, 1.807) is 6.92 Å². The number of ketones is 1. The largest absolute Gasteiger partial charge is 0.454 e. The van der Waals surface area contributed by atoms with E-state index in [1.165, 1.54) is 24.2 Å². The number of aliphatic hydroxyl groups excluding tert-OH is 1. The molecule has 4 atom stereocenters. The van der Waals surface area contributed by atoms with Crippen LogP contribution in [0.3, 0.4) is 0 Å². The standard InChI is InChI=1S/C16H23FN2O5/c1-5-18-11(4)19(6-2)16-15(14(17)12(9-20)23-16)24-13(22)8-7-10(3)21/h5-6,12,14-16,20H,2,4,7-9H2,1,3H3/b18-5-/t12-,14+,15?,16-/m1/s1. The van der Waals surface area contributed by atoms with E-state index >= 15 is 0 Å². The second kappa shape index (κ2) is 9.29. The zero-order valence-electron chi connectivity index (χ0n) is 13.9. The van der Waals surface area contributed by atoms with Crippen molar-refractivity contribution in [2.24, 2.45) is 4.99 Å². The SMILES string of the molecule is C=CN(C(=C)/N=C\C)[C@@H]1O[C@H](CO)[C@H](F)C1OC(=O)CCC(C)=O. The second-order valence-electron chi connectivity index (χ2n) is 5.24. The number of hydrogen-bond donors (Lipinski definition) is 1. The van der Waals surface area contributed by atoms with Gasteiger partial charge in [0.25, 0.3) is 0 Å². The van der Waals surface area contributed by atoms with E-state index in [9.17, 15) is 19.1 Å². The Labute approximate surface area is 140 Å². The number of ether oxygens (including phenoxy) is 2. The lowest BCUT2D eigenvalue weighted by atomic mass is 10.1. The van der Waals surface area contributed by atoms with Crippen molar-refractivity contribution in [1.29, 1.82) is 0 Å². The fourth-order valence-electron chi connectivity index (χ4n) is 2.25. The molecule has 1 heterocycles. The summed E-state index contributed by atoms with van der Waals surface area (Å²) >= 11 is 0. The van der Waals surface area contributed by atoms with Gasteiger partial charge in [-0.15, -0.1) is 0 Å². The fraction of sp³-hybridized carbons (Fsp3) is 0.562. The van der Waals surface area contributed by atoms with E-state index in [1.807, 2.05) is 0 Å². The maximum atomic E-state index is 14.4. The number of aliphatic hydroxyl groups is 1. The summed E-state index contributed by atoms with van der Waals surface area (Å²) in [5.41, 5.74) is 0. The summed E-state index contributed by atoms with van der Waals surface area (Å²) in [6, 6.07) is 0. The number of Topliss-reactive ketones (excluding diaryl/α,β-unsaturated/α-hetero) is 1. The molecule has 1 unspecified atom stereocenters. The van der Waals surface area contributed by atoms with Crippen LogP contribution in [0, 0.1) is 0 Å². The molecule has 7 nitrogen and oxygen atoms in total. The number of carbonyl (C=O) groups is 2. The third-order valence-corrected chi connectivity index (χ3v) is 3.44. The van der Waals surface area contributed by atoms with E-state index in [0.717, 1.165) is 0 Å². The van der Waals surface area contributed by atoms with Gasteiger partial charge in [-0.1, -0.05) is 13.2 Å². The molecule has 0 spiro atoms. The van der Waals surface area contributed by atoms with Gasteiger partial charge in [0.1, 0.15) is 17.7 Å². The molecule has 0 bridgehead atoms. The molecule has 1 fully saturated rings. The summed E-state index contributed by atoms with van der Waals surface area (Å²) in [6.07, 6.45) is -2.59. The van der Waals surface area contributed by atoms with E-state index in [4.69, 9.17) is 9.47 Å². The minimum atomic E-state index is -1.73. The average molecular weight is 342 g/mol. The number of nitrogens with zero attached hydrogens (tertiary/aromatic N) is 2. The number of esters is 1. The Kier molecular flexibility index (Phi) is 7.73. The molecular weight excluding hydrogens is 319 g/mol. The van der Waals surface area contributed by atoms with Crippen LogP contribution >= 0.6 is 0 Å². The monoisotopic (exact) mass is 342 g/mol. The van der Waals surface area contributed by atoms with Crippen LogP contribution in [0.4, 0.5) is 4.39 Å². The van der Waals surface area contributed by atoms with Crippen molar-refractivity contribution < 1.29 is 28.6 Å². The molecule has 0 aromatic carbocycles. The summed E-state index contributed by atoms with van der Waals surface area (Å²) in [7, 11) is 0. The Bertz CT molecular complexity index is 523. The van der Waals surface area contributed by atoms with E-state index in [-0.39, 0.29) is 24.4 Å². The summed E-state index contributed by atoms with van der Waals surface area (Å²) in [4.78, 5) is 28.1. The highest BCUT2D eigenvalue weighted by molar-refractivity contribution is 5.81. The predicted octanol–water partition coefficient (Wildman–Crippen LogP) is 1.33. The molecule has 1 N–H and O–H groups in total. The quantitative estimate of drug-likeness (QED) is 0.502. The van der Waals surface area contributed by atoms with Crippen molar-refractivity contribution in [2.75, 3.05) is 6.61 Å². The first-order chi connectivity index (χ1) is 11.3. The molecule has 24 heavy (non-hydrogen) atoms. The summed E-state index contributed by atoms with van der Waals surface area (Å²) < 4.78 is 25.0. The van der Waals surface area contributed by atoms with Gasteiger partial charge in [0.05, 0.1) is 13.0 Å². The van der Waals surface area contributed by atoms with Gasteiger partial charge in [0.2, 0.25) is 0 Å². The lowest BCUT2D eigenvalue weighted by Crippen LogP contribution is -2.42. The van der Waals surface area contributed by atoms with Crippen LogP contribution in [0.2, 0.25) is 0 Å². The van der Waals surface area contributed by atoms with Gasteiger partial charge in [-0.3, -0.25) is 4.79 Å². The van der Waals surface area contributed by atoms with Crippen LogP contribution in [0.15, 0.2) is 30.2 Å². The second-order valence-corrected chi connectivity index (χ2v) is 5.24. The van der Waals surface area contributed by atoms with Crippen molar-refractivity contribution in [3.05, 3.63) is 25.2 Å². The third kappa shape index (κ3) is 4.97. The average Bonchev–Trinajstić information content (AvgIpc) is 2.83. The first kappa shape index (κ1) is 20.0. The molecule has 1 aliphatic heterocycles. The summed E-state index contributed by atoms with van der Waals surface area (Å²) in [5, 5.41) is 9.23. The smallest absolute Gasteiger partial charge is 0.306 e. The van der Waals surface area contributed by atoms with E-state index in [2.05, 4.69) is 18.2 Å². The van der Waals surface area contributed by atoms with Crippen LogP contribution in [0.25, 0.3) is 0 Å². The Hall–Kier alpha value is -2.06. The zero-order valence-corrected chi connectivity index (χ0v) is 13.9. The lowest BCUT2D eigenvalue weighted by Gasteiger charge is -2.30. The van der Waals surface area contributed by atoms with Gasteiger partial charge in [0.15, 0.2) is 18.5 Å². The first-order valence-electron chi connectivity index (χ1n) is 7.53. The number of carbonyl (C=O) groups excluding carboxylic acids is 2. The van der Waals surface area contributed by atoms with Crippen molar-refractivity contribution in [3.63, 3.8) is 0 Å². The number of alkyl halides is 1. The lowest BCUT2D eigenvalue weighted by molar-refractivity contribution is -0.158. The van der Waals surface area contributed by atoms with Crippen molar-refractivity contribution in [1.82, 2.24) is 4.90 Å². The molecular formula is C16H23FN2O5. The molecule has 0 radical (unpaired) electrons. The van der Waals surface area contributed by atoms with E-state index in [0.29, 0.717) is 0 Å². The molecule has 1 saturated heterocycles. The molecule has 0 aliphatic carbocycles. The fourth-order valence-corrected chi connectivity index (χ4v) is 2.25. The van der Waals surface area contributed by atoms with Crippen molar-refractivity contribution >= 4 is 18.0 Å². The highest BCUT2D eigenvalue weighted by Crippen LogP contribution is 2.31. The molecule has 0 aromatic rings. The van der Waals surface area contributed by atoms with Gasteiger partial charge in [0, 0.05) is 18.8 Å². The number of aliphatic imine (C=N–C) groups is 1. The number of hydrogen-bond acceptors (Lipinski definition) is 7. The Morgan fingerprint density at radius 1 is 1.46 bits per heavy atom. The molecule has 134 valence electrons. The number of rotatable bonds is 9. The number of halogens is 1. The molecule has 0 saturated carbocycles. The summed E-state index contributed by atoms with van der Waals surface area (Å²) in [6.45, 7) is 9.76. The van der Waals surface area contributed by atoms with Gasteiger partial charge in [-0.2, -0.15) is 0 Å². The predicted molar refractivity (Wildman–Crippen MR) is 85.8 cm³/mol. The molecule has 1 aliphatic rings. The molecule has 1 rings (SSSR count). The normalized spacial score (nSPS) is 26.3. The Balaban J connectivity index is 2.93. The van der Waals surface area contributed by atoms with Crippen LogP contribution < -0.4 is 0 Å². The highest BCUT2D eigenvalue weighted by atomic mass is 19.1. The maximum Gasteiger partial charge on any atom is 0.306 e.